The number of ether oxygens (including phenoxy) is 1. The van der Waals surface area contributed by atoms with E-state index in [2.05, 4.69) is 15.3 Å². The average Bonchev–Trinajstić information content (AvgIpc) is 2.80. The van der Waals surface area contributed by atoms with Crippen molar-refractivity contribution in [2.75, 3.05) is 24.3 Å². The van der Waals surface area contributed by atoms with Crippen molar-refractivity contribution in [1.29, 1.82) is 0 Å². The van der Waals surface area contributed by atoms with Crippen LogP contribution in [0.4, 0.5) is 24.9 Å². The van der Waals surface area contributed by atoms with Gasteiger partial charge in [-0.15, -0.1) is 0 Å². The van der Waals surface area contributed by atoms with E-state index >= 15 is 0 Å². The van der Waals surface area contributed by atoms with Crippen molar-refractivity contribution < 1.29 is 17.9 Å². The summed E-state index contributed by atoms with van der Waals surface area (Å²) in [5.41, 5.74) is 4.25. The molecule has 8 heteroatoms. The highest BCUT2D eigenvalue weighted by molar-refractivity contribution is 5.42. The first kappa shape index (κ1) is 13.9. The quantitative estimate of drug-likeness (QED) is 0.882. The zero-order valence-electron chi connectivity index (χ0n) is 10.4. The number of anilines is 2. The maximum Gasteiger partial charge on any atom is 0.433 e. The Morgan fingerprint density at radius 3 is 2.79 bits per heavy atom. The molecule has 1 aromatic heterocycles. The van der Waals surface area contributed by atoms with Crippen molar-refractivity contribution in [1.82, 2.24) is 9.97 Å². The molecule has 2 rings (SSSR count). The van der Waals surface area contributed by atoms with Gasteiger partial charge in [-0.3, -0.25) is 0 Å². The fourth-order valence-electron chi connectivity index (χ4n) is 1.98. The van der Waals surface area contributed by atoms with Crippen molar-refractivity contribution in [2.24, 2.45) is 5.92 Å². The minimum atomic E-state index is -4.53. The lowest BCUT2D eigenvalue weighted by molar-refractivity contribution is -0.141. The molecule has 2 atom stereocenters. The maximum absolute atomic E-state index is 12.6. The Hall–Kier alpha value is -1.57. The Balaban J connectivity index is 2.13. The molecule has 0 aromatic carbocycles. The molecule has 1 saturated heterocycles. The van der Waals surface area contributed by atoms with Crippen LogP contribution >= 0.6 is 0 Å². The van der Waals surface area contributed by atoms with E-state index in [-0.39, 0.29) is 17.8 Å². The van der Waals surface area contributed by atoms with Crippen LogP contribution in [0.1, 0.15) is 19.0 Å². The summed E-state index contributed by atoms with van der Waals surface area (Å²) in [6.07, 6.45) is -3.66. The number of halogens is 3. The van der Waals surface area contributed by atoms with E-state index in [1.54, 1.807) is 0 Å². The van der Waals surface area contributed by atoms with Gasteiger partial charge in [-0.05, 0) is 13.3 Å². The van der Waals surface area contributed by atoms with E-state index in [0.717, 1.165) is 12.5 Å². The van der Waals surface area contributed by atoms with Crippen LogP contribution in [0.3, 0.4) is 0 Å². The lowest BCUT2D eigenvalue weighted by Gasteiger charge is -2.20. The molecule has 2 unspecified atom stereocenters. The Labute approximate surface area is 108 Å². The number of alkyl halides is 3. The number of hydrogen-bond donors (Lipinski definition) is 2. The average molecular weight is 276 g/mol. The normalized spacial score (nSPS) is 21.4. The van der Waals surface area contributed by atoms with Crippen molar-refractivity contribution in [3.05, 3.63) is 11.8 Å². The molecule has 1 fully saturated rings. The summed E-state index contributed by atoms with van der Waals surface area (Å²) in [5, 5.41) is 2.93. The molecular weight excluding hydrogens is 261 g/mol. The van der Waals surface area contributed by atoms with Gasteiger partial charge in [0.2, 0.25) is 5.95 Å². The van der Waals surface area contributed by atoms with Gasteiger partial charge >= 0.3 is 6.18 Å². The first-order valence-electron chi connectivity index (χ1n) is 5.92. The number of nitrogens with one attached hydrogen (secondary N) is 1. The second-order valence-electron chi connectivity index (χ2n) is 4.55. The number of nitrogens with zero attached hydrogens (tertiary/aromatic N) is 2. The SMILES string of the molecule is CC(Nc1cc(C(F)(F)F)nc(N)n1)C1CCOC1. The smallest absolute Gasteiger partial charge is 0.381 e. The molecule has 3 N–H and O–H groups in total. The third-order valence-electron chi connectivity index (χ3n) is 3.08. The Kier molecular flexibility index (Phi) is 3.79. The number of rotatable bonds is 3. The first-order chi connectivity index (χ1) is 8.86. The molecule has 0 aliphatic carbocycles. The largest absolute Gasteiger partial charge is 0.433 e. The fraction of sp³-hybridized carbons (Fsp3) is 0.636. The van der Waals surface area contributed by atoms with Gasteiger partial charge in [0, 0.05) is 24.6 Å². The summed E-state index contributed by atoms with van der Waals surface area (Å²) in [6, 6.07) is 0.820. The molecular formula is C11H15F3N4O. The zero-order chi connectivity index (χ0) is 14.0. The third-order valence-corrected chi connectivity index (χ3v) is 3.08. The van der Waals surface area contributed by atoms with Gasteiger partial charge in [-0.2, -0.15) is 18.2 Å². The summed E-state index contributed by atoms with van der Waals surface area (Å²) in [4.78, 5) is 6.96. The van der Waals surface area contributed by atoms with Crippen LogP contribution in [-0.4, -0.2) is 29.2 Å². The second kappa shape index (κ2) is 5.20. The zero-order valence-corrected chi connectivity index (χ0v) is 10.4. The molecule has 106 valence electrons. The number of aromatic nitrogens is 2. The van der Waals surface area contributed by atoms with Crippen LogP contribution in [0, 0.1) is 5.92 Å². The van der Waals surface area contributed by atoms with E-state index in [4.69, 9.17) is 10.5 Å². The van der Waals surface area contributed by atoms with Crippen LogP contribution < -0.4 is 11.1 Å². The minimum Gasteiger partial charge on any atom is -0.381 e. The summed E-state index contributed by atoms with van der Waals surface area (Å²) >= 11 is 0. The lowest BCUT2D eigenvalue weighted by atomic mass is 10.0. The molecule has 0 radical (unpaired) electrons. The number of hydrogen-bond acceptors (Lipinski definition) is 5. The molecule has 1 aromatic rings. The van der Waals surface area contributed by atoms with E-state index in [0.29, 0.717) is 13.2 Å². The van der Waals surface area contributed by atoms with Crippen LogP contribution in [0.2, 0.25) is 0 Å². The van der Waals surface area contributed by atoms with Crippen LogP contribution in [0.15, 0.2) is 6.07 Å². The van der Waals surface area contributed by atoms with Gasteiger partial charge in [-0.25, -0.2) is 4.98 Å². The fourth-order valence-corrected chi connectivity index (χ4v) is 1.98. The summed E-state index contributed by atoms with van der Waals surface area (Å²) in [7, 11) is 0. The Bertz CT molecular complexity index is 446. The number of nitrogens with two attached hydrogens (primary N) is 1. The molecule has 1 aliphatic rings. The topological polar surface area (TPSA) is 73.1 Å². The van der Waals surface area contributed by atoms with Gasteiger partial charge in [0.1, 0.15) is 5.82 Å². The molecule has 1 aliphatic heterocycles. The lowest BCUT2D eigenvalue weighted by Crippen LogP contribution is -2.27. The molecule has 0 saturated carbocycles. The highest BCUT2D eigenvalue weighted by Gasteiger charge is 2.34. The Morgan fingerprint density at radius 1 is 1.47 bits per heavy atom. The highest BCUT2D eigenvalue weighted by Crippen LogP contribution is 2.29. The van der Waals surface area contributed by atoms with Crippen LogP contribution in [0.25, 0.3) is 0 Å². The first-order valence-corrected chi connectivity index (χ1v) is 5.92. The van der Waals surface area contributed by atoms with E-state index in [9.17, 15) is 13.2 Å². The second-order valence-corrected chi connectivity index (χ2v) is 4.55. The predicted molar refractivity (Wildman–Crippen MR) is 63.5 cm³/mol. The monoisotopic (exact) mass is 276 g/mol. The van der Waals surface area contributed by atoms with Gasteiger partial charge in [0.05, 0.1) is 6.61 Å². The summed E-state index contributed by atoms with van der Waals surface area (Å²) in [5.74, 6) is -0.0584. The minimum absolute atomic E-state index is 0.0436. The highest BCUT2D eigenvalue weighted by atomic mass is 19.4. The van der Waals surface area contributed by atoms with Crippen LogP contribution in [0.5, 0.6) is 0 Å². The summed E-state index contributed by atoms with van der Waals surface area (Å²) in [6.45, 7) is 3.15. The molecule has 5 nitrogen and oxygen atoms in total. The Morgan fingerprint density at radius 2 is 2.21 bits per heavy atom. The standard InChI is InChI=1S/C11H15F3N4O/c1-6(7-2-3-19-5-7)16-9-4-8(11(12,13)14)17-10(15)18-9/h4,6-7H,2-3,5H2,1H3,(H3,15,16,17,18). The van der Waals surface area contributed by atoms with Gasteiger partial charge in [0.15, 0.2) is 5.69 Å². The van der Waals surface area contributed by atoms with E-state index in [1.165, 1.54) is 0 Å². The molecule has 0 bridgehead atoms. The van der Waals surface area contributed by atoms with Crippen molar-refractivity contribution >= 4 is 11.8 Å². The molecule has 2 heterocycles. The van der Waals surface area contributed by atoms with Crippen molar-refractivity contribution in [3.63, 3.8) is 0 Å². The van der Waals surface area contributed by atoms with E-state index in [1.807, 2.05) is 6.92 Å². The predicted octanol–water partition coefficient (Wildman–Crippen LogP) is 1.91. The molecule has 0 spiro atoms. The van der Waals surface area contributed by atoms with Gasteiger partial charge in [0.25, 0.3) is 0 Å². The maximum atomic E-state index is 12.6. The van der Waals surface area contributed by atoms with Crippen LogP contribution in [-0.2, 0) is 10.9 Å². The summed E-state index contributed by atoms with van der Waals surface area (Å²) < 4.78 is 43.0. The van der Waals surface area contributed by atoms with E-state index < -0.39 is 17.8 Å². The number of nitrogen functional groups attached to an aromatic ring is 1. The third kappa shape index (κ3) is 3.46. The molecule has 0 amide bonds. The van der Waals surface area contributed by atoms with Gasteiger partial charge < -0.3 is 15.8 Å². The van der Waals surface area contributed by atoms with Crippen molar-refractivity contribution in [3.8, 4) is 0 Å². The van der Waals surface area contributed by atoms with Crippen molar-refractivity contribution in [2.45, 2.75) is 25.6 Å². The van der Waals surface area contributed by atoms with Gasteiger partial charge in [-0.1, -0.05) is 0 Å². The molecule has 19 heavy (non-hydrogen) atoms.